The molecule has 0 fully saturated rings. The molecule has 1 rings (SSSR count). The van der Waals surface area contributed by atoms with E-state index in [0.29, 0.717) is 0 Å². The van der Waals surface area contributed by atoms with Crippen molar-refractivity contribution in [1.82, 2.24) is 4.98 Å². The summed E-state index contributed by atoms with van der Waals surface area (Å²) in [5, 5.41) is 3.49. The minimum Gasteiger partial charge on any atom is -0.366 e. The van der Waals surface area contributed by atoms with Crippen LogP contribution in [0.15, 0.2) is 12.6 Å². The van der Waals surface area contributed by atoms with Crippen molar-refractivity contribution in [2.24, 2.45) is 5.73 Å². The average molecular weight is 261 g/mol. The van der Waals surface area contributed by atoms with Crippen molar-refractivity contribution < 1.29 is 0 Å². The van der Waals surface area contributed by atoms with Gasteiger partial charge in [-0.3, -0.25) is 0 Å². The fourth-order valence-electron chi connectivity index (χ4n) is 2.24. The standard InChI is InChI=1S/C16H27N3/c1-7-8-15(12(5)17)19-16-11(4)9-14(10(2)3)13(6)18-16/h9,12,15H,2,7-8,17H2,1,3-6H3,(H,18,19). The summed E-state index contributed by atoms with van der Waals surface area (Å²) in [7, 11) is 0. The van der Waals surface area contributed by atoms with Gasteiger partial charge in [0.1, 0.15) is 5.82 Å². The lowest BCUT2D eigenvalue weighted by molar-refractivity contribution is 0.547. The lowest BCUT2D eigenvalue weighted by Gasteiger charge is -2.24. The van der Waals surface area contributed by atoms with E-state index in [4.69, 9.17) is 5.73 Å². The molecule has 0 spiro atoms. The smallest absolute Gasteiger partial charge is 0.129 e. The molecule has 0 saturated carbocycles. The molecule has 0 aromatic carbocycles. The van der Waals surface area contributed by atoms with E-state index in [-0.39, 0.29) is 12.1 Å². The summed E-state index contributed by atoms with van der Waals surface area (Å²) < 4.78 is 0. The zero-order valence-electron chi connectivity index (χ0n) is 12.9. The highest BCUT2D eigenvalue weighted by Gasteiger charge is 2.15. The number of anilines is 1. The molecule has 0 amide bonds. The maximum absolute atomic E-state index is 6.03. The normalized spacial score (nSPS) is 14.0. The molecule has 1 heterocycles. The zero-order chi connectivity index (χ0) is 14.6. The van der Waals surface area contributed by atoms with E-state index in [1.807, 2.05) is 20.8 Å². The molecule has 0 radical (unpaired) electrons. The van der Waals surface area contributed by atoms with Crippen LogP contribution in [-0.4, -0.2) is 17.1 Å². The summed E-state index contributed by atoms with van der Waals surface area (Å²) in [5.74, 6) is 0.943. The zero-order valence-corrected chi connectivity index (χ0v) is 12.9. The molecule has 3 nitrogen and oxygen atoms in total. The van der Waals surface area contributed by atoms with Crippen LogP contribution in [0.3, 0.4) is 0 Å². The van der Waals surface area contributed by atoms with Gasteiger partial charge >= 0.3 is 0 Å². The second kappa shape index (κ2) is 6.71. The monoisotopic (exact) mass is 261 g/mol. The maximum Gasteiger partial charge on any atom is 0.129 e. The fourth-order valence-corrected chi connectivity index (χ4v) is 2.24. The van der Waals surface area contributed by atoms with Crippen molar-refractivity contribution in [3.8, 4) is 0 Å². The molecule has 0 bridgehead atoms. The summed E-state index contributed by atoms with van der Waals surface area (Å²) in [6.45, 7) is 14.3. The number of nitrogens with zero attached hydrogens (tertiary/aromatic N) is 1. The van der Waals surface area contributed by atoms with Gasteiger partial charge in [0.25, 0.3) is 0 Å². The SMILES string of the molecule is C=C(C)c1cc(C)c(NC(CCC)C(C)N)nc1C. The number of hydrogen-bond donors (Lipinski definition) is 2. The molecule has 1 aromatic heterocycles. The quantitative estimate of drug-likeness (QED) is 0.821. The molecule has 3 N–H and O–H groups in total. The van der Waals surface area contributed by atoms with E-state index in [1.165, 1.54) is 0 Å². The Morgan fingerprint density at radius 2 is 2.11 bits per heavy atom. The van der Waals surface area contributed by atoms with Crippen LogP contribution in [0.4, 0.5) is 5.82 Å². The van der Waals surface area contributed by atoms with E-state index in [1.54, 1.807) is 0 Å². The predicted molar refractivity (Wildman–Crippen MR) is 84.4 cm³/mol. The first-order valence-electron chi connectivity index (χ1n) is 7.03. The van der Waals surface area contributed by atoms with Crippen LogP contribution in [0.1, 0.15) is 50.4 Å². The van der Waals surface area contributed by atoms with E-state index in [0.717, 1.165) is 41.1 Å². The van der Waals surface area contributed by atoms with Crippen molar-refractivity contribution in [2.45, 2.75) is 59.5 Å². The van der Waals surface area contributed by atoms with Crippen LogP contribution >= 0.6 is 0 Å². The summed E-state index contributed by atoms with van der Waals surface area (Å²) >= 11 is 0. The van der Waals surface area contributed by atoms with Gasteiger partial charge in [-0.2, -0.15) is 0 Å². The lowest BCUT2D eigenvalue weighted by Crippen LogP contribution is -2.38. The Bertz CT molecular complexity index is 450. The van der Waals surface area contributed by atoms with Crippen LogP contribution in [0.5, 0.6) is 0 Å². The number of hydrogen-bond acceptors (Lipinski definition) is 3. The number of aryl methyl sites for hydroxylation is 2. The topological polar surface area (TPSA) is 50.9 Å². The van der Waals surface area contributed by atoms with E-state index in [2.05, 4.69) is 36.8 Å². The predicted octanol–water partition coefficient (Wildman–Crippen LogP) is 3.66. The number of nitrogens with two attached hydrogens (primary N) is 1. The first kappa shape index (κ1) is 15.7. The van der Waals surface area contributed by atoms with Gasteiger partial charge in [-0.1, -0.05) is 19.9 Å². The Morgan fingerprint density at radius 1 is 1.47 bits per heavy atom. The largest absolute Gasteiger partial charge is 0.366 e. The molecule has 2 atom stereocenters. The van der Waals surface area contributed by atoms with Gasteiger partial charge in [-0.25, -0.2) is 4.98 Å². The van der Waals surface area contributed by atoms with Crippen LogP contribution in [0.25, 0.3) is 5.57 Å². The molecular formula is C16H27N3. The Morgan fingerprint density at radius 3 is 2.58 bits per heavy atom. The van der Waals surface area contributed by atoms with E-state index >= 15 is 0 Å². The average Bonchev–Trinajstić information content (AvgIpc) is 2.32. The molecule has 2 unspecified atom stereocenters. The van der Waals surface area contributed by atoms with Crippen molar-refractivity contribution in [3.05, 3.63) is 29.5 Å². The van der Waals surface area contributed by atoms with Crippen LogP contribution < -0.4 is 11.1 Å². The second-order valence-electron chi connectivity index (χ2n) is 5.47. The number of aromatic nitrogens is 1. The van der Waals surface area contributed by atoms with Gasteiger partial charge in [0.15, 0.2) is 0 Å². The molecule has 106 valence electrons. The fraction of sp³-hybridized carbons (Fsp3) is 0.562. The molecule has 0 aliphatic rings. The van der Waals surface area contributed by atoms with E-state index in [9.17, 15) is 0 Å². The van der Waals surface area contributed by atoms with Gasteiger partial charge in [0.2, 0.25) is 0 Å². The molecule has 0 saturated heterocycles. The first-order valence-corrected chi connectivity index (χ1v) is 7.03. The number of allylic oxidation sites excluding steroid dienone is 1. The summed E-state index contributed by atoms with van der Waals surface area (Å²) in [6, 6.07) is 2.53. The third-order valence-corrected chi connectivity index (χ3v) is 3.42. The van der Waals surface area contributed by atoms with Gasteiger partial charge in [0, 0.05) is 17.8 Å². The summed E-state index contributed by atoms with van der Waals surface area (Å²) in [6.07, 6.45) is 2.17. The molecule has 0 aliphatic carbocycles. The van der Waals surface area contributed by atoms with Crippen molar-refractivity contribution >= 4 is 11.4 Å². The summed E-state index contributed by atoms with van der Waals surface area (Å²) in [5.41, 5.74) is 10.4. The highest BCUT2D eigenvalue weighted by Crippen LogP contribution is 2.22. The minimum absolute atomic E-state index is 0.113. The van der Waals surface area contributed by atoms with Crippen LogP contribution in [0.2, 0.25) is 0 Å². The first-order chi connectivity index (χ1) is 8.86. The maximum atomic E-state index is 6.03. The van der Waals surface area contributed by atoms with E-state index < -0.39 is 0 Å². The molecule has 0 aliphatic heterocycles. The van der Waals surface area contributed by atoms with Crippen LogP contribution in [0, 0.1) is 13.8 Å². The molecule has 1 aromatic rings. The molecule has 3 heteroatoms. The Hall–Kier alpha value is -1.35. The number of pyridine rings is 1. The highest BCUT2D eigenvalue weighted by molar-refractivity contribution is 5.66. The van der Waals surface area contributed by atoms with Gasteiger partial charge in [-0.05, 0) is 56.9 Å². The number of rotatable bonds is 6. The lowest BCUT2D eigenvalue weighted by atomic mass is 10.0. The Kier molecular flexibility index (Phi) is 5.55. The second-order valence-corrected chi connectivity index (χ2v) is 5.47. The van der Waals surface area contributed by atoms with Crippen molar-refractivity contribution in [1.29, 1.82) is 0 Å². The third kappa shape index (κ3) is 4.06. The minimum atomic E-state index is 0.113. The Balaban J connectivity index is 3.01. The van der Waals surface area contributed by atoms with Crippen LogP contribution in [-0.2, 0) is 0 Å². The van der Waals surface area contributed by atoms with Gasteiger partial charge < -0.3 is 11.1 Å². The number of nitrogens with one attached hydrogen (secondary N) is 1. The van der Waals surface area contributed by atoms with Crippen molar-refractivity contribution in [2.75, 3.05) is 5.32 Å². The van der Waals surface area contributed by atoms with Gasteiger partial charge in [0.05, 0.1) is 0 Å². The molecular weight excluding hydrogens is 234 g/mol. The molecule has 19 heavy (non-hydrogen) atoms. The van der Waals surface area contributed by atoms with Crippen molar-refractivity contribution in [3.63, 3.8) is 0 Å². The summed E-state index contributed by atoms with van der Waals surface area (Å²) in [4.78, 5) is 4.67. The third-order valence-electron chi connectivity index (χ3n) is 3.42. The van der Waals surface area contributed by atoms with Gasteiger partial charge in [-0.15, -0.1) is 0 Å². The highest BCUT2D eigenvalue weighted by atomic mass is 15.0. The Labute approximate surface area is 117 Å².